The summed E-state index contributed by atoms with van der Waals surface area (Å²) in [5.74, 6) is -0.391. The van der Waals surface area contributed by atoms with E-state index in [2.05, 4.69) is 10.0 Å². The maximum absolute atomic E-state index is 13.0. The van der Waals surface area contributed by atoms with Crippen molar-refractivity contribution in [1.29, 1.82) is 0 Å². The standard InChI is InChI=1S/C12H16ClFN2O2S/c13-11-6-10(3-4-12(11)14)16-19(17,18)8-9-2-1-5-15-7-9/h3-4,6,9,15-16H,1-2,5,7-8H2. The minimum absolute atomic E-state index is 0.0645. The first kappa shape index (κ1) is 14.6. The molecule has 1 aliphatic rings. The van der Waals surface area contributed by atoms with Gasteiger partial charge in [-0.05, 0) is 50.0 Å². The molecule has 1 atom stereocenters. The monoisotopic (exact) mass is 306 g/mol. The van der Waals surface area contributed by atoms with E-state index in [4.69, 9.17) is 11.6 Å². The van der Waals surface area contributed by atoms with E-state index in [9.17, 15) is 12.8 Å². The molecular weight excluding hydrogens is 291 g/mol. The molecule has 4 nitrogen and oxygen atoms in total. The summed E-state index contributed by atoms with van der Waals surface area (Å²) in [6.45, 7) is 1.66. The van der Waals surface area contributed by atoms with Gasteiger partial charge in [0.2, 0.25) is 10.0 Å². The molecule has 1 aliphatic heterocycles. The van der Waals surface area contributed by atoms with Gasteiger partial charge in [-0.3, -0.25) is 4.72 Å². The van der Waals surface area contributed by atoms with Crippen LogP contribution >= 0.6 is 11.6 Å². The van der Waals surface area contributed by atoms with Crippen LogP contribution in [0.3, 0.4) is 0 Å². The molecule has 0 bridgehead atoms. The van der Waals surface area contributed by atoms with Crippen LogP contribution < -0.4 is 10.0 Å². The number of hydrogen-bond acceptors (Lipinski definition) is 3. The van der Waals surface area contributed by atoms with Crippen LogP contribution in [0.5, 0.6) is 0 Å². The SMILES string of the molecule is O=S(=O)(CC1CCCNC1)Nc1ccc(F)c(Cl)c1. The minimum Gasteiger partial charge on any atom is -0.316 e. The lowest BCUT2D eigenvalue weighted by atomic mass is 10.0. The average molecular weight is 307 g/mol. The minimum atomic E-state index is -3.43. The molecule has 2 N–H and O–H groups in total. The second-order valence-electron chi connectivity index (χ2n) is 4.72. The van der Waals surface area contributed by atoms with Gasteiger partial charge in [-0.15, -0.1) is 0 Å². The Bertz CT molecular complexity index is 545. The molecule has 1 saturated heterocycles. The van der Waals surface area contributed by atoms with E-state index in [-0.39, 0.29) is 22.4 Å². The molecule has 0 amide bonds. The summed E-state index contributed by atoms with van der Waals surface area (Å²) < 4.78 is 39.4. The van der Waals surface area contributed by atoms with E-state index in [1.807, 2.05) is 0 Å². The highest BCUT2D eigenvalue weighted by Gasteiger charge is 2.21. The summed E-state index contributed by atoms with van der Waals surface area (Å²) in [4.78, 5) is 0. The zero-order valence-electron chi connectivity index (χ0n) is 10.3. The van der Waals surface area contributed by atoms with Gasteiger partial charge in [0.15, 0.2) is 0 Å². The van der Waals surface area contributed by atoms with E-state index in [0.717, 1.165) is 25.5 Å². The Labute approximate surface area is 117 Å². The summed E-state index contributed by atoms with van der Waals surface area (Å²) in [7, 11) is -3.43. The highest BCUT2D eigenvalue weighted by Crippen LogP contribution is 2.21. The normalized spacial score (nSPS) is 20.2. The predicted molar refractivity (Wildman–Crippen MR) is 74.4 cm³/mol. The van der Waals surface area contributed by atoms with Gasteiger partial charge < -0.3 is 5.32 Å². The highest BCUT2D eigenvalue weighted by atomic mass is 35.5. The van der Waals surface area contributed by atoms with Crippen molar-refractivity contribution in [3.05, 3.63) is 29.0 Å². The first-order valence-corrected chi connectivity index (χ1v) is 8.15. The maximum atomic E-state index is 13.0. The Hall–Kier alpha value is -0.850. The predicted octanol–water partition coefficient (Wildman–Crippen LogP) is 2.22. The summed E-state index contributed by atoms with van der Waals surface area (Å²) >= 11 is 5.61. The van der Waals surface area contributed by atoms with Gasteiger partial charge in [-0.2, -0.15) is 0 Å². The second kappa shape index (κ2) is 6.07. The van der Waals surface area contributed by atoms with Crippen molar-refractivity contribution in [3.8, 4) is 0 Å². The molecule has 19 heavy (non-hydrogen) atoms. The number of piperidine rings is 1. The Morgan fingerprint density at radius 1 is 1.47 bits per heavy atom. The summed E-state index contributed by atoms with van der Waals surface area (Å²) in [5.41, 5.74) is 0.287. The molecular formula is C12H16ClFN2O2S. The Kier molecular flexibility index (Phi) is 4.65. The smallest absolute Gasteiger partial charge is 0.233 e. The lowest BCUT2D eigenvalue weighted by molar-refractivity contribution is 0.404. The third-order valence-corrected chi connectivity index (χ3v) is 4.79. The lowest BCUT2D eigenvalue weighted by Gasteiger charge is -2.22. The number of sulfonamides is 1. The van der Waals surface area contributed by atoms with Crippen molar-refractivity contribution >= 4 is 27.3 Å². The van der Waals surface area contributed by atoms with Crippen LogP contribution in [0.4, 0.5) is 10.1 Å². The molecule has 1 fully saturated rings. The molecule has 2 rings (SSSR count). The topological polar surface area (TPSA) is 58.2 Å². The van der Waals surface area contributed by atoms with Gasteiger partial charge in [0.05, 0.1) is 16.5 Å². The molecule has 0 aliphatic carbocycles. The largest absolute Gasteiger partial charge is 0.316 e. The van der Waals surface area contributed by atoms with Crippen molar-refractivity contribution in [2.75, 3.05) is 23.6 Å². The van der Waals surface area contributed by atoms with Gasteiger partial charge in [-0.1, -0.05) is 11.6 Å². The zero-order chi connectivity index (χ0) is 13.9. The van der Waals surface area contributed by atoms with Gasteiger partial charge in [0, 0.05) is 0 Å². The van der Waals surface area contributed by atoms with Crippen LogP contribution in [0.15, 0.2) is 18.2 Å². The van der Waals surface area contributed by atoms with Crippen molar-refractivity contribution in [1.82, 2.24) is 5.32 Å². The third-order valence-electron chi connectivity index (χ3n) is 3.05. The molecule has 0 radical (unpaired) electrons. The number of halogens is 2. The van der Waals surface area contributed by atoms with E-state index in [0.29, 0.717) is 6.54 Å². The van der Waals surface area contributed by atoms with E-state index in [1.54, 1.807) is 0 Å². The Morgan fingerprint density at radius 3 is 2.89 bits per heavy atom. The fourth-order valence-electron chi connectivity index (χ4n) is 2.16. The zero-order valence-corrected chi connectivity index (χ0v) is 11.9. The summed E-state index contributed by atoms with van der Waals surface area (Å²) in [5, 5.41) is 3.08. The molecule has 0 spiro atoms. The molecule has 0 aromatic heterocycles. The van der Waals surface area contributed by atoms with Crippen molar-refractivity contribution in [2.45, 2.75) is 12.8 Å². The second-order valence-corrected chi connectivity index (χ2v) is 6.90. The summed E-state index contributed by atoms with van der Waals surface area (Å²) in [6, 6.07) is 3.77. The maximum Gasteiger partial charge on any atom is 0.233 e. The first-order chi connectivity index (χ1) is 8.96. The van der Waals surface area contributed by atoms with Crippen LogP contribution in [0.1, 0.15) is 12.8 Å². The van der Waals surface area contributed by atoms with Crippen molar-refractivity contribution in [2.24, 2.45) is 5.92 Å². The first-order valence-electron chi connectivity index (χ1n) is 6.12. The van der Waals surface area contributed by atoms with Gasteiger partial charge >= 0.3 is 0 Å². The number of nitrogens with one attached hydrogen (secondary N) is 2. The van der Waals surface area contributed by atoms with Crippen LogP contribution in [0.2, 0.25) is 5.02 Å². The van der Waals surface area contributed by atoms with E-state index in [1.165, 1.54) is 12.1 Å². The molecule has 1 unspecified atom stereocenters. The molecule has 106 valence electrons. The number of benzene rings is 1. The molecule has 1 heterocycles. The average Bonchev–Trinajstić information content (AvgIpc) is 2.34. The van der Waals surface area contributed by atoms with Crippen LogP contribution in [-0.4, -0.2) is 27.3 Å². The fraction of sp³-hybridized carbons (Fsp3) is 0.500. The quantitative estimate of drug-likeness (QED) is 0.897. The van der Waals surface area contributed by atoms with Gasteiger partial charge in [-0.25, -0.2) is 12.8 Å². The van der Waals surface area contributed by atoms with E-state index < -0.39 is 15.8 Å². The Balaban J connectivity index is 2.01. The Morgan fingerprint density at radius 2 is 2.26 bits per heavy atom. The third kappa shape index (κ3) is 4.33. The van der Waals surface area contributed by atoms with Crippen LogP contribution in [-0.2, 0) is 10.0 Å². The van der Waals surface area contributed by atoms with Crippen molar-refractivity contribution < 1.29 is 12.8 Å². The highest BCUT2D eigenvalue weighted by molar-refractivity contribution is 7.92. The molecule has 0 saturated carbocycles. The fourth-order valence-corrected chi connectivity index (χ4v) is 3.81. The molecule has 1 aromatic carbocycles. The number of anilines is 1. The van der Waals surface area contributed by atoms with Crippen molar-refractivity contribution in [3.63, 3.8) is 0 Å². The molecule has 7 heteroatoms. The van der Waals surface area contributed by atoms with Gasteiger partial charge in [0.25, 0.3) is 0 Å². The van der Waals surface area contributed by atoms with Gasteiger partial charge in [0.1, 0.15) is 5.82 Å². The van der Waals surface area contributed by atoms with Crippen LogP contribution in [0.25, 0.3) is 0 Å². The lowest BCUT2D eigenvalue weighted by Crippen LogP contribution is -2.35. The van der Waals surface area contributed by atoms with Crippen LogP contribution in [0, 0.1) is 11.7 Å². The number of hydrogen-bond donors (Lipinski definition) is 2. The molecule has 1 aromatic rings. The summed E-state index contributed by atoms with van der Waals surface area (Å²) in [6.07, 6.45) is 1.89. The van der Waals surface area contributed by atoms with E-state index >= 15 is 0 Å². The number of rotatable bonds is 4.